The first-order valence-corrected chi connectivity index (χ1v) is 9.25. The van der Waals surface area contributed by atoms with Crippen LogP contribution in [0.25, 0.3) is 16.7 Å². The molecule has 0 radical (unpaired) electrons. The van der Waals surface area contributed by atoms with Gasteiger partial charge in [-0.15, -0.1) is 10.2 Å². The van der Waals surface area contributed by atoms with Gasteiger partial charge < -0.3 is 0 Å². The van der Waals surface area contributed by atoms with Crippen LogP contribution in [-0.4, -0.2) is 15.0 Å². The van der Waals surface area contributed by atoms with Gasteiger partial charge in [-0.05, 0) is 59.1 Å². The zero-order chi connectivity index (χ0) is 18.2. The third-order valence-electron chi connectivity index (χ3n) is 5.77. The number of fused-ring (bicyclic) bond motifs is 1. The molecule has 0 aliphatic rings. The maximum Gasteiger partial charge on any atom is 0.113 e. The average Bonchev–Trinajstić information content (AvgIpc) is 3.05. The van der Waals surface area contributed by atoms with Crippen molar-refractivity contribution in [2.24, 2.45) is 0 Å². The van der Waals surface area contributed by atoms with E-state index in [2.05, 4.69) is 69.9 Å². The largest absolute Gasteiger partial charge is 0.150 e. The third kappa shape index (κ3) is 3.33. The molecular weight excluding hydrogens is 306 g/mol. The van der Waals surface area contributed by atoms with Gasteiger partial charge in [0.1, 0.15) is 11.0 Å². The maximum atomic E-state index is 4.69. The highest BCUT2D eigenvalue weighted by Crippen LogP contribution is 2.34. The standard InChI is InChI=1S/C22H29N3/c1-7-21(3,4)16-13-17(22(5,6)8-2)15-18(14-16)25-23-19-11-9-10-12-20(19)24-25/h9-15H,7-8H2,1-6H3. The zero-order valence-corrected chi connectivity index (χ0v) is 16.3. The highest BCUT2D eigenvalue weighted by atomic mass is 15.5. The minimum absolute atomic E-state index is 0.126. The minimum atomic E-state index is 0.126. The minimum Gasteiger partial charge on any atom is -0.150 e. The summed E-state index contributed by atoms with van der Waals surface area (Å²) in [5.41, 5.74) is 5.86. The molecule has 1 aromatic heterocycles. The summed E-state index contributed by atoms with van der Waals surface area (Å²) in [6.45, 7) is 13.7. The van der Waals surface area contributed by atoms with Crippen LogP contribution in [0.2, 0.25) is 0 Å². The van der Waals surface area contributed by atoms with E-state index in [4.69, 9.17) is 0 Å². The number of aromatic nitrogens is 3. The van der Waals surface area contributed by atoms with Crippen molar-refractivity contribution in [1.82, 2.24) is 15.0 Å². The molecule has 2 aromatic carbocycles. The lowest BCUT2D eigenvalue weighted by Gasteiger charge is -2.29. The van der Waals surface area contributed by atoms with Crippen molar-refractivity contribution >= 4 is 11.0 Å². The molecule has 3 rings (SSSR count). The number of hydrogen-bond acceptors (Lipinski definition) is 2. The molecule has 3 heteroatoms. The van der Waals surface area contributed by atoms with Crippen molar-refractivity contribution in [3.05, 3.63) is 53.6 Å². The fourth-order valence-electron chi connectivity index (χ4n) is 2.89. The van der Waals surface area contributed by atoms with E-state index in [9.17, 15) is 0 Å². The second-order valence-electron chi connectivity index (χ2n) is 8.22. The van der Waals surface area contributed by atoms with Crippen molar-refractivity contribution in [3.8, 4) is 5.69 Å². The van der Waals surface area contributed by atoms with Gasteiger partial charge in [-0.2, -0.15) is 4.80 Å². The Bertz CT molecular complexity index is 820. The van der Waals surface area contributed by atoms with E-state index in [1.807, 2.05) is 24.3 Å². The summed E-state index contributed by atoms with van der Waals surface area (Å²) in [4.78, 5) is 1.79. The van der Waals surface area contributed by atoms with Crippen molar-refractivity contribution in [2.75, 3.05) is 0 Å². The Morgan fingerprint density at radius 2 is 1.20 bits per heavy atom. The van der Waals surface area contributed by atoms with Crippen LogP contribution < -0.4 is 0 Å². The van der Waals surface area contributed by atoms with Gasteiger partial charge in [-0.1, -0.05) is 59.7 Å². The molecule has 0 aliphatic carbocycles. The first kappa shape index (κ1) is 17.7. The maximum absolute atomic E-state index is 4.69. The number of nitrogens with zero attached hydrogens (tertiary/aromatic N) is 3. The molecule has 0 fully saturated rings. The van der Waals surface area contributed by atoms with Crippen molar-refractivity contribution < 1.29 is 0 Å². The molecule has 0 atom stereocenters. The SMILES string of the molecule is CCC(C)(C)c1cc(-n2nc3ccccc3n2)cc(C(C)(C)CC)c1. The van der Waals surface area contributed by atoms with Crippen LogP contribution in [-0.2, 0) is 10.8 Å². The fourth-order valence-corrected chi connectivity index (χ4v) is 2.89. The lowest BCUT2D eigenvalue weighted by molar-refractivity contribution is 0.487. The van der Waals surface area contributed by atoms with Crippen LogP contribution in [0.15, 0.2) is 42.5 Å². The first-order valence-electron chi connectivity index (χ1n) is 9.25. The molecular formula is C22H29N3. The summed E-state index contributed by atoms with van der Waals surface area (Å²) < 4.78 is 0. The van der Waals surface area contributed by atoms with Crippen LogP contribution in [0.5, 0.6) is 0 Å². The zero-order valence-electron chi connectivity index (χ0n) is 16.3. The van der Waals surface area contributed by atoms with Crippen molar-refractivity contribution in [1.29, 1.82) is 0 Å². The molecule has 1 heterocycles. The lowest BCUT2D eigenvalue weighted by Crippen LogP contribution is -2.21. The van der Waals surface area contributed by atoms with Gasteiger partial charge in [0.15, 0.2) is 0 Å². The Morgan fingerprint density at radius 3 is 1.60 bits per heavy atom. The van der Waals surface area contributed by atoms with Crippen molar-refractivity contribution in [3.63, 3.8) is 0 Å². The van der Waals surface area contributed by atoms with E-state index in [0.29, 0.717) is 0 Å². The Balaban J connectivity index is 2.21. The van der Waals surface area contributed by atoms with E-state index in [1.54, 1.807) is 4.80 Å². The van der Waals surface area contributed by atoms with Crippen LogP contribution >= 0.6 is 0 Å². The second-order valence-corrected chi connectivity index (χ2v) is 8.22. The van der Waals surface area contributed by atoms with Gasteiger partial charge >= 0.3 is 0 Å². The Kier molecular flexibility index (Phi) is 4.44. The molecule has 3 aromatic rings. The molecule has 0 saturated heterocycles. The van der Waals surface area contributed by atoms with E-state index in [1.165, 1.54) is 11.1 Å². The first-order chi connectivity index (χ1) is 11.8. The molecule has 3 nitrogen and oxygen atoms in total. The molecule has 0 amide bonds. The number of benzene rings is 2. The molecule has 0 aliphatic heterocycles. The molecule has 0 N–H and O–H groups in total. The van der Waals surface area contributed by atoms with Gasteiger partial charge in [-0.25, -0.2) is 0 Å². The van der Waals surface area contributed by atoms with Crippen LogP contribution in [0.4, 0.5) is 0 Å². The quantitative estimate of drug-likeness (QED) is 0.590. The van der Waals surface area contributed by atoms with E-state index in [0.717, 1.165) is 29.6 Å². The molecule has 0 spiro atoms. The number of hydrogen-bond donors (Lipinski definition) is 0. The summed E-state index contributed by atoms with van der Waals surface area (Å²) in [6, 6.07) is 14.9. The molecule has 0 bridgehead atoms. The number of rotatable bonds is 5. The van der Waals surface area contributed by atoms with Gasteiger partial charge in [0, 0.05) is 0 Å². The predicted octanol–water partition coefficient (Wildman–Crippen LogP) is 5.80. The Hall–Kier alpha value is -2.16. The van der Waals surface area contributed by atoms with Gasteiger partial charge in [0.25, 0.3) is 0 Å². The third-order valence-corrected chi connectivity index (χ3v) is 5.77. The van der Waals surface area contributed by atoms with Gasteiger partial charge in [0.05, 0.1) is 5.69 Å². The average molecular weight is 335 g/mol. The topological polar surface area (TPSA) is 30.7 Å². The highest BCUT2D eigenvalue weighted by molar-refractivity contribution is 5.73. The summed E-state index contributed by atoms with van der Waals surface area (Å²) in [6.07, 6.45) is 2.19. The molecule has 132 valence electrons. The van der Waals surface area contributed by atoms with Crippen LogP contribution in [0.3, 0.4) is 0 Å². The molecule has 0 saturated carbocycles. The summed E-state index contributed by atoms with van der Waals surface area (Å²) in [5.74, 6) is 0. The van der Waals surface area contributed by atoms with E-state index in [-0.39, 0.29) is 10.8 Å². The van der Waals surface area contributed by atoms with Gasteiger partial charge in [-0.3, -0.25) is 0 Å². The smallest absolute Gasteiger partial charge is 0.113 e. The normalized spacial score (nSPS) is 12.7. The van der Waals surface area contributed by atoms with E-state index >= 15 is 0 Å². The summed E-state index contributed by atoms with van der Waals surface area (Å²) in [5, 5.41) is 9.37. The lowest BCUT2D eigenvalue weighted by atomic mass is 9.76. The van der Waals surface area contributed by atoms with E-state index < -0.39 is 0 Å². The van der Waals surface area contributed by atoms with Gasteiger partial charge in [0.2, 0.25) is 0 Å². The molecule has 25 heavy (non-hydrogen) atoms. The second kappa shape index (κ2) is 6.29. The molecule has 0 unspecified atom stereocenters. The Morgan fingerprint density at radius 1 is 0.760 bits per heavy atom. The monoisotopic (exact) mass is 335 g/mol. The fraction of sp³-hybridized carbons (Fsp3) is 0.455. The predicted molar refractivity (Wildman–Crippen MR) is 105 cm³/mol. The summed E-state index contributed by atoms with van der Waals surface area (Å²) in [7, 11) is 0. The van der Waals surface area contributed by atoms with Crippen molar-refractivity contribution in [2.45, 2.75) is 65.2 Å². The Labute approximate surface area is 151 Å². The van der Waals surface area contributed by atoms with Crippen LogP contribution in [0, 0.1) is 0 Å². The highest BCUT2D eigenvalue weighted by Gasteiger charge is 2.25. The summed E-state index contributed by atoms with van der Waals surface area (Å²) >= 11 is 0. The van der Waals surface area contributed by atoms with Crippen LogP contribution in [0.1, 0.15) is 65.5 Å².